The fourth-order valence-electron chi connectivity index (χ4n) is 1.42. The molecule has 0 spiro atoms. The average molecular weight is 353 g/mol. The Labute approximate surface area is 169 Å². The molecule has 0 aliphatic rings. The summed E-state index contributed by atoms with van der Waals surface area (Å²) in [7, 11) is 0. The van der Waals surface area contributed by atoms with Crippen LogP contribution in [0, 0.1) is 5.41 Å². The van der Waals surface area contributed by atoms with Crippen molar-refractivity contribution in [3.05, 3.63) is 12.7 Å². The Kier molecular flexibility index (Phi) is 35.3. The fourth-order valence-corrected chi connectivity index (χ4v) is 1.42. The maximum atomic E-state index is 9.47. The van der Waals surface area contributed by atoms with E-state index in [1.54, 1.807) is 6.92 Å². The Morgan fingerprint density at radius 3 is 1.54 bits per heavy atom. The van der Waals surface area contributed by atoms with Crippen LogP contribution < -0.4 is 0 Å². The van der Waals surface area contributed by atoms with Gasteiger partial charge in [0.2, 0.25) is 0 Å². The van der Waals surface area contributed by atoms with Crippen molar-refractivity contribution in [1.29, 1.82) is 5.41 Å². The van der Waals surface area contributed by atoms with Crippen LogP contribution in [0.5, 0.6) is 0 Å². The van der Waals surface area contributed by atoms with E-state index in [9.17, 15) is 9.59 Å². The number of carboxylic acids is 2. The third-order valence-electron chi connectivity index (χ3n) is 2.89. The number of aliphatic carboxylic acids is 2. The van der Waals surface area contributed by atoms with Gasteiger partial charge in [0.1, 0.15) is 5.71 Å². The molecular weight excluding hydrogens is 317 g/mol. The second kappa shape index (κ2) is 27.2. The molecule has 0 bridgehead atoms. The first-order chi connectivity index (χ1) is 10.8. The zero-order chi connectivity index (χ0) is 18.5. The molecule has 0 aliphatic heterocycles. The average Bonchev–Trinajstić information content (AvgIpc) is 2.51. The van der Waals surface area contributed by atoms with Gasteiger partial charge in [-0.15, -0.1) is 6.58 Å². The van der Waals surface area contributed by atoms with E-state index in [4.69, 9.17) is 15.6 Å². The van der Waals surface area contributed by atoms with E-state index in [1.807, 2.05) is 6.08 Å². The molecule has 0 rings (SSSR count). The Hall–Kier alpha value is -0.650. The number of hydrogen-bond donors (Lipinski definition) is 3. The van der Waals surface area contributed by atoms with Gasteiger partial charge >= 0.3 is 41.5 Å². The van der Waals surface area contributed by atoms with Crippen molar-refractivity contribution in [1.82, 2.24) is 0 Å². The van der Waals surface area contributed by atoms with Crippen molar-refractivity contribution in [3.8, 4) is 0 Å². The van der Waals surface area contributed by atoms with E-state index in [1.165, 1.54) is 64.7 Å². The van der Waals surface area contributed by atoms with Crippen LogP contribution in [0.2, 0.25) is 0 Å². The van der Waals surface area contributed by atoms with E-state index in [0.717, 1.165) is 0 Å². The number of carbonyl (C=O) groups is 2. The van der Waals surface area contributed by atoms with Crippen molar-refractivity contribution in [3.63, 3.8) is 0 Å². The third kappa shape index (κ3) is 42.9. The standard InChI is InChI=1S/C12H24.C3H5NO2.C3H6O2.Na.H/c1-3-5-7-9-11-12-10-8-6-4-2;1-2(4)3(5)6;1-2-3(4)5;;/h3H,1,4-12H2,2H3;4H,1H3,(H,5,6);2H2,1H3,(H,4,5);;. The molecule has 0 heterocycles. The maximum absolute atomic E-state index is 9.47. The van der Waals surface area contributed by atoms with Gasteiger partial charge in [-0.1, -0.05) is 64.9 Å². The zero-order valence-corrected chi connectivity index (χ0v) is 15.1. The van der Waals surface area contributed by atoms with Crippen LogP contribution in [-0.4, -0.2) is 57.4 Å². The first kappa shape index (κ1) is 31.2. The van der Waals surface area contributed by atoms with Gasteiger partial charge in [-0.05, 0) is 19.8 Å². The molecule has 0 aromatic heterocycles. The van der Waals surface area contributed by atoms with Gasteiger partial charge in [0, 0.05) is 6.42 Å². The minimum absolute atomic E-state index is 0. The number of allylic oxidation sites excluding steroid dienone is 1. The molecule has 0 saturated carbocycles. The molecule has 5 nitrogen and oxygen atoms in total. The molecule has 0 aliphatic carbocycles. The van der Waals surface area contributed by atoms with E-state index >= 15 is 0 Å². The SMILES string of the molecule is C=CCCCCCCCCCC.CC(=N)C(=O)O.CCC(=O)O.[NaH]. The normalized spacial score (nSPS) is 8.46. The summed E-state index contributed by atoms with van der Waals surface area (Å²) in [5.74, 6) is -1.90. The summed E-state index contributed by atoms with van der Waals surface area (Å²) in [4.78, 5) is 18.8. The zero-order valence-electron chi connectivity index (χ0n) is 15.1. The molecule has 0 saturated heterocycles. The predicted molar refractivity (Wildman–Crippen MR) is 104 cm³/mol. The van der Waals surface area contributed by atoms with Gasteiger partial charge in [-0.3, -0.25) is 10.2 Å². The van der Waals surface area contributed by atoms with Gasteiger partial charge < -0.3 is 10.2 Å². The molecule has 0 atom stereocenters. The van der Waals surface area contributed by atoms with Crippen molar-refractivity contribution in [2.24, 2.45) is 0 Å². The van der Waals surface area contributed by atoms with Crippen molar-refractivity contribution >= 4 is 47.2 Å². The van der Waals surface area contributed by atoms with Crippen LogP contribution >= 0.6 is 0 Å². The van der Waals surface area contributed by atoms with Crippen LogP contribution in [0.25, 0.3) is 0 Å². The Morgan fingerprint density at radius 2 is 1.29 bits per heavy atom. The number of nitrogens with one attached hydrogen (secondary N) is 1. The van der Waals surface area contributed by atoms with Crippen LogP contribution in [0.4, 0.5) is 0 Å². The third-order valence-corrected chi connectivity index (χ3v) is 2.89. The topological polar surface area (TPSA) is 98.5 Å². The number of unbranched alkanes of at least 4 members (excludes halogenated alkanes) is 8. The second-order valence-corrected chi connectivity index (χ2v) is 5.23. The molecule has 0 radical (unpaired) electrons. The Balaban J connectivity index is -0.000000140. The molecule has 0 unspecified atom stereocenters. The summed E-state index contributed by atoms with van der Waals surface area (Å²) in [6.07, 6.45) is 14.7. The van der Waals surface area contributed by atoms with Crippen LogP contribution in [0.1, 0.15) is 85.0 Å². The first-order valence-electron chi connectivity index (χ1n) is 8.44. The molecular formula is C18H36NNaO4. The van der Waals surface area contributed by atoms with Gasteiger partial charge in [-0.25, -0.2) is 4.79 Å². The Morgan fingerprint density at radius 1 is 0.958 bits per heavy atom. The molecule has 6 heteroatoms. The molecule has 0 fully saturated rings. The monoisotopic (exact) mass is 353 g/mol. The number of carboxylic acid groups (broad SMARTS) is 2. The van der Waals surface area contributed by atoms with E-state index < -0.39 is 11.9 Å². The van der Waals surface area contributed by atoms with Crippen LogP contribution in [0.15, 0.2) is 12.7 Å². The van der Waals surface area contributed by atoms with E-state index in [2.05, 4.69) is 13.5 Å². The molecule has 138 valence electrons. The first-order valence-corrected chi connectivity index (χ1v) is 8.44. The summed E-state index contributed by atoms with van der Waals surface area (Å²) in [5, 5.41) is 21.8. The summed E-state index contributed by atoms with van der Waals surface area (Å²) >= 11 is 0. The summed E-state index contributed by atoms with van der Waals surface area (Å²) in [6, 6.07) is 0. The number of rotatable bonds is 11. The number of hydrogen-bond acceptors (Lipinski definition) is 3. The minimum atomic E-state index is -1.16. The molecule has 0 amide bonds. The van der Waals surface area contributed by atoms with Gasteiger partial charge in [-0.2, -0.15) is 0 Å². The van der Waals surface area contributed by atoms with E-state index in [0.29, 0.717) is 0 Å². The fraction of sp³-hybridized carbons (Fsp3) is 0.722. The van der Waals surface area contributed by atoms with Gasteiger partial charge in [0.05, 0.1) is 0 Å². The molecule has 24 heavy (non-hydrogen) atoms. The van der Waals surface area contributed by atoms with Crippen molar-refractivity contribution in [2.45, 2.75) is 85.0 Å². The van der Waals surface area contributed by atoms with Crippen LogP contribution in [0.3, 0.4) is 0 Å². The molecule has 0 aromatic carbocycles. The van der Waals surface area contributed by atoms with Crippen molar-refractivity contribution < 1.29 is 19.8 Å². The predicted octanol–water partition coefficient (Wildman–Crippen LogP) is 4.65. The van der Waals surface area contributed by atoms with Crippen molar-refractivity contribution in [2.75, 3.05) is 0 Å². The summed E-state index contributed by atoms with van der Waals surface area (Å²) in [5.41, 5.74) is -0.324. The van der Waals surface area contributed by atoms with Gasteiger partial charge in [0.25, 0.3) is 0 Å². The second-order valence-electron chi connectivity index (χ2n) is 5.23. The quantitative estimate of drug-likeness (QED) is 0.218. The summed E-state index contributed by atoms with van der Waals surface area (Å²) in [6.45, 7) is 8.81. The van der Waals surface area contributed by atoms with Gasteiger partial charge in [0.15, 0.2) is 0 Å². The Bertz CT molecular complexity index is 308. The van der Waals surface area contributed by atoms with E-state index in [-0.39, 0.29) is 41.7 Å². The summed E-state index contributed by atoms with van der Waals surface area (Å²) < 4.78 is 0. The van der Waals surface area contributed by atoms with Crippen LogP contribution in [-0.2, 0) is 9.59 Å². The molecule has 0 aromatic rings. The molecule has 3 N–H and O–H groups in total.